The summed E-state index contributed by atoms with van der Waals surface area (Å²) in [7, 11) is 0. The van der Waals surface area contributed by atoms with Gasteiger partial charge in [-0.1, -0.05) is 26.0 Å². The molecule has 19 heteroatoms. The minimum atomic E-state index is -3.88. The van der Waals surface area contributed by atoms with Gasteiger partial charge < -0.3 is 35.4 Å². The number of H-pyrrole nitrogens is 1. The van der Waals surface area contributed by atoms with Crippen LogP contribution in [0.1, 0.15) is 50.0 Å². The van der Waals surface area contributed by atoms with Crippen LogP contribution in [0.15, 0.2) is 58.3 Å². The molecule has 2 saturated heterocycles. The van der Waals surface area contributed by atoms with Crippen molar-refractivity contribution in [1.29, 1.82) is 0 Å². The molecule has 0 spiro atoms. The Morgan fingerprint density at radius 2 is 1.74 bits per heavy atom. The fraction of sp³-hybridized carbons (Fsp3) is 0.429. The van der Waals surface area contributed by atoms with Gasteiger partial charge >= 0.3 is 17.3 Å². The fourth-order valence-corrected chi connectivity index (χ4v) is 6.48. The maximum absolute atomic E-state index is 14.4. The molecule has 2 aromatic carbocycles. The summed E-state index contributed by atoms with van der Waals surface area (Å²) >= 11 is 0. The molecule has 2 aliphatic rings. The summed E-state index contributed by atoms with van der Waals surface area (Å²) in [6, 6.07) is 11.2. The van der Waals surface area contributed by atoms with Crippen LogP contribution in [0.2, 0.25) is 0 Å². The number of aromatic hydroxyl groups is 2. The van der Waals surface area contributed by atoms with Gasteiger partial charge in [-0.05, 0) is 41.3 Å². The average molecular weight is 755 g/mol. The number of alkyl halides is 2. The lowest BCUT2D eigenvalue weighted by atomic mass is 9.98. The zero-order valence-electron chi connectivity index (χ0n) is 29.4. The van der Waals surface area contributed by atoms with E-state index in [9.17, 15) is 43.3 Å². The maximum atomic E-state index is 14.4. The van der Waals surface area contributed by atoms with Gasteiger partial charge in [0.05, 0.1) is 17.9 Å². The molecule has 54 heavy (non-hydrogen) atoms. The molecule has 0 radical (unpaired) electrons. The van der Waals surface area contributed by atoms with E-state index in [2.05, 4.69) is 25.4 Å². The van der Waals surface area contributed by atoms with Crippen molar-refractivity contribution in [3.63, 3.8) is 0 Å². The van der Waals surface area contributed by atoms with Crippen molar-refractivity contribution in [1.82, 2.24) is 34.1 Å². The van der Waals surface area contributed by atoms with Gasteiger partial charge in [0.25, 0.3) is 0 Å². The van der Waals surface area contributed by atoms with Crippen molar-refractivity contribution in [2.45, 2.75) is 63.5 Å². The van der Waals surface area contributed by atoms with Crippen LogP contribution in [0, 0.1) is 0 Å². The quantitative estimate of drug-likeness (QED) is 0.127. The average Bonchev–Trinajstić information content (AvgIpc) is 3.62. The lowest BCUT2D eigenvalue weighted by molar-refractivity contribution is -0.141. The minimum absolute atomic E-state index is 0.0405. The third-order valence-electron chi connectivity index (χ3n) is 9.48. The zero-order valence-corrected chi connectivity index (χ0v) is 29.4. The van der Waals surface area contributed by atoms with Crippen molar-refractivity contribution in [3.8, 4) is 28.6 Å². The molecule has 2 amide bonds. The van der Waals surface area contributed by atoms with E-state index in [1.165, 1.54) is 10.6 Å². The number of benzene rings is 2. The molecular formula is C35H40F2N8O9. The number of rotatable bonds is 11. The van der Waals surface area contributed by atoms with Gasteiger partial charge in [-0.25, -0.2) is 19.3 Å². The monoisotopic (exact) mass is 754 g/mol. The van der Waals surface area contributed by atoms with Crippen molar-refractivity contribution < 1.29 is 43.5 Å². The molecule has 0 aliphatic carbocycles. The Kier molecular flexibility index (Phi) is 10.9. The number of hydrogen-bond acceptors (Lipinski definition) is 12. The normalized spacial score (nSPS) is 20.1. The SMILES string of the molecule is CC(C)c1cc(-c2n[nH]c(=O)n2-c2ccc(CN3CCN(C(=O)CCC(=O)Nc4ccn(C5OC(CO)C(O)C5(F)F)c(=O)n4)CC3)cc2)c(O)cc1O. The van der Waals surface area contributed by atoms with Crippen molar-refractivity contribution in [2.24, 2.45) is 0 Å². The highest BCUT2D eigenvalue weighted by Crippen LogP contribution is 2.42. The number of nitrogens with zero attached hydrogens (tertiary/aromatic N) is 6. The van der Waals surface area contributed by atoms with Gasteiger partial charge in [-0.2, -0.15) is 18.9 Å². The smallest absolute Gasteiger partial charge is 0.351 e. The molecule has 3 atom stereocenters. The summed E-state index contributed by atoms with van der Waals surface area (Å²) in [6.07, 6.45) is -5.51. The number of phenolic OH excluding ortho intramolecular Hbond substituents is 2. The number of aromatic nitrogens is 5. The Labute approximate surface area is 306 Å². The lowest BCUT2D eigenvalue weighted by Crippen LogP contribution is -2.48. The van der Waals surface area contributed by atoms with Crippen LogP contribution >= 0.6 is 0 Å². The van der Waals surface area contributed by atoms with Gasteiger partial charge in [0.2, 0.25) is 18.0 Å². The number of aliphatic hydroxyl groups is 2. The Hall–Kier alpha value is -5.50. The number of halogens is 2. The highest BCUT2D eigenvalue weighted by Gasteiger charge is 2.59. The summed E-state index contributed by atoms with van der Waals surface area (Å²) in [5, 5.41) is 48.6. The summed E-state index contributed by atoms with van der Waals surface area (Å²) in [5.74, 6) is -5.07. The molecule has 6 N–H and O–H groups in total. The molecule has 288 valence electrons. The van der Waals surface area contributed by atoms with Gasteiger partial charge in [-0.3, -0.25) is 19.1 Å². The molecule has 2 aliphatic heterocycles. The Bertz CT molecular complexity index is 2130. The van der Waals surface area contributed by atoms with Crippen LogP contribution in [0.25, 0.3) is 17.1 Å². The van der Waals surface area contributed by atoms with E-state index in [-0.39, 0.29) is 47.8 Å². The van der Waals surface area contributed by atoms with E-state index in [0.717, 1.165) is 17.8 Å². The number of piperazine rings is 1. The zero-order chi connectivity index (χ0) is 38.9. The lowest BCUT2D eigenvalue weighted by Gasteiger charge is -2.34. The Balaban J connectivity index is 0.985. The number of aromatic amines is 1. The second kappa shape index (κ2) is 15.5. The summed E-state index contributed by atoms with van der Waals surface area (Å²) in [5.41, 5.74) is 0.690. The summed E-state index contributed by atoms with van der Waals surface area (Å²) in [6.45, 7) is 5.49. The van der Waals surface area contributed by atoms with Crippen LogP contribution in [0.4, 0.5) is 14.6 Å². The van der Waals surface area contributed by atoms with E-state index in [1.54, 1.807) is 23.1 Å². The second-order valence-electron chi connectivity index (χ2n) is 13.5. The number of carbonyl (C=O) groups is 2. The topological polar surface area (TPSA) is 228 Å². The third kappa shape index (κ3) is 7.74. The number of carbonyl (C=O) groups excluding carboxylic acids is 2. The summed E-state index contributed by atoms with van der Waals surface area (Å²) < 4.78 is 35.6. The van der Waals surface area contributed by atoms with Gasteiger partial charge in [0.1, 0.15) is 23.4 Å². The molecule has 17 nitrogen and oxygen atoms in total. The van der Waals surface area contributed by atoms with Crippen molar-refractivity contribution in [2.75, 3.05) is 38.1 Å². The largest absolute Gasteiger partial charge is 0.508 e. The molecule has 0 bridgehead atoms. The van der Waals surface area contributed by atoms with E-state index in [1.807, 2.05) is 26.0 Å². The Morgan fingerprint density at radius 1 is 1.04 bits per heavy atom. The van der Waals surface area contributed by atoms with E-state index in [4.69, 9.17) is 9.84 Å². The van der Waals surface area contributed by atoms with E-state index < -0.39 is 48.3 Å². The number of anilines is 1. The van der Waals surface area contributed by atoms with Gasteiger partial charge in [-0.15, -0.1) is 0 Å². The molecular weight excluding hydrogens is 714 g/mol. The molecule has 2 fully saturated rings. The molecule has 2 aromatic heterocycles. The molecule has 4 heterocycles. The molecule has 6 rings (SSSR count). The summed E-state index contributed by atoms with van der Waals surface area (Å²) in [4.78, 5) is 58.0. The van der Waals surface area contributed by atoms with Crippen LogP contribution in [0.3, 0.4) is 0 Å². The molecule has 3 unspecified atom stereocenters. The van der Waals surface area contributed by atoms with Crippen LogP contribution in [-0.2, 0) is 20.9 Å². The van der Waals surface area contributed by atoms with Crippen LogP contribution < -0.4 is 16.7 Å². The van der Waals surface area contributed by atoms with Gasteiger partial charge in [0, 0.05) is 57.8 Å². The molecule has 4 aromatic rings. The minimum Gasteiger partial charge on any atom is -0.508 e. The molecule has 0 saturated carbocycles. The van der Waals surface area contributed by atoms with Gasteiger partial charge in [0.15, 0.2) is 11.9 Å². The third-order valence-corrected chi connectivity index (χ3v) is 9.48. The Morgan fingerprint density at radius 3 is 2.37 bits per heavy atom. The van der Waals surface area contributed by atoms with Crippen molar-refractivity contribution in [3.05, 3.63) is 80.8 Å². The first kappa shape index (κ1) is 38.2. The number of phenols is 2. The highest BCUT2D eigenvalue weighted by molar-refractivity contribution is 5.92. The van der Waals surface area contributed by atoms with Crippen LogP contribution in [-0.4, -0.2) is 117 Å². The second-order valence-corrected chi connectivity index (χ2v) is 13.5. The first-order chi connectivity index (χ1) is 25.7. The predicted octanol–water partition coefficient (Wildman–Crippen LogP) is 1.27. The fourth-order valence-electron chi connectivity index (χ4n) is 6.48. The maximum Gasteiger partial charge on any atom is 0.351 e. The predicted molar refractivity (Wildman–Crippen MR) is 187 cm³/mol. The number of aliphatic hydroxyl groups excluding tert-OH is 2. The standard InChI is InChI=1S/C35H40F2N8O9/c1-19(2)22-15-23(25(48)16-24(22)47)31-40-41-34(53)45(31)21-5-3-20(4-6-21)17-42-11-13-43(14-12-42)29(50)8-7-28(49)38-27-9-10-44(33(52)39-27)32-35(36,37)30(51)26(18-46)54-32/h3-6,9-10,15-16,19,26,30,32,46-48,51H,7-8,11-14,17-18H2,1-2H3,(H,41,53)(H,38,39,49,52). The number of ether oxygens (including phenoxy) is 1. The number of hydrogen-bond donors (Lipinski definition) is 6. The number of amides is 2. The highest BCUT2D eigenvalue weighted by atomic mass is 19.3. The van der Waals surface area contributed by atoms with Crippen LogP contribution in [0.5, 0.6) is 11.5 Å². The van der Waals surface area contributed by atoms with E-state index >= 15 is 0 Å². The number of nitrogens with one attached hydrogen (secondary N) is 2. The first-order valence-corrected chi connectivity index (χ1v) is 17.2. The van der Waals surface area contributed by atoms with E-state index in [0.29, 0.717) is 54.1 Å². The van der Waals surface area contributed by atoms with Crippen molar-refractivity contribution >= 4 is 17.6 Å². The first-order valence-electron chi connectivity index (χ1n) is 17.2.